The predicted molar refractivity (Wildman–Crippen MR) is 105 cm³/mol. The van der Waals surface area contributed by atoms with Gasteiger partial charge in [-0.25, -0.2) is 8.42 Å². The average Bonchev–Trinajstić information content (AvgIpc) is 3.09. The summed E-state index contributed by atoms with van der Waals surface area (Å²) in [6, 6.07) is 13.3. The van der Waals surface area contributed by atoms with E-state index in [9.17, 15) is 13.2 Å². The second-order valence-corrected chi connectivity index (χ2v) is 8.75. The molecule has 1 fully saturated rings. The minimum Gasteiger partial charge on any atom is -0.492 e. The molecule has 1 amide bonds. The molecule has 27 heavy (non-hydrogen) atoms. The molecule has 0 aliphatic carbocycles. The third kappa shape index (κ3) is 4.61. The molecule has 0 bridgehead atoms. The summed E-state index contributed by atoms with van der Waals surface area (Å²) < 4.78 is 32.2. The van der Waals surface area contributed by atoms with Crippen molar-refractivity contribution in [1.29, 1.82) is 0 Å². The monoisotopic (exact) mass is 408 g/mol. The lowest BCUT2D eigenvalue weighted by molar-refractivity contribution is -0.117. The number of hydrogen-bond acceptors (Lipinski definition) is 4. The molecule has 0 unspecified atom stereocenters. The highest BCUT2D eigenvalue weighted by Gasteiger charge is 2.24. The molecule has 1 aliphatic rings. The van der Waals surface area contributed by atoms with Crippen LogP contribution in [-0.4, -0.2) is 45.4 Å². The molecule has 0 radical (unpaired) electrons. The van der Waals surface area contributed by atoms with Crippen LogP contribution in [0.15, 0.2) is 53.4 Å². The molecule has 0 saturated carbocycles. The van der Waals surface area contributed by atoms with E-state index in [2.05, 4.69) is 0 Å². The van der Waals surface area contributed by atoms with Crippen LogP contribution in [-0.2, 0) is 14.8 Å². The van der Waals surface area contributed by atoms with Crippen molar-refractivity contribution in [3.8, 4) is 5.75 Å². The third-order valence-electron chi connectivity index (χ3n) is 4.42. The molecule has 0 N–H and O–H groups in total. The van der Waals surface area contributed by atoms with Crippen molar-refractivity contribution in [2.24, 2.45) is 0 Å². The van der Waals surface area contributed by atoms with Gasteiger partial charge < -0.3 is 9.64 Å². The number of hydrogen-bond donors (Lipinski definition) is 0. The number of anilines is 1. The number of sulfonamides is 1. The molecule has 0 atom stereocenters. The lowest BCUT2D eigenvalue weighted by Crippen LogP contribution is -2.31. The zero-order chi connectivity index (χ0) is 19.4. The Morgan fingerprint density at radius 3 is 2.37 bits per heavy atom. The van der Waals surface area contributed by atoms with Gasteiger partial charge in [-0.15, -0.1) is 0 Å². The van der Waals surface area contributed by atoms with Crippen LogP contribution >= 0.6 is 11.6 Å². The van der Waals surface area contributed by atoms with Crippen LogP contribution in [0.3, 0.4) is 0 Å². The number of rotatable bonds is 7. The van der Waals surface area contributed by atoms with Gasteiger partial charge in [0.05, 0.1) is 4.90 Å². The molecule has 2 aromatic rings. The number of nitrogens with zero attached hydrogens (tertiary/aromatic N) is 2. The molecule has 1 heterocycles. The van der Waals surface area contributed by atoms with Crippen LogP contribution < -0.4 is 9.64 Å². The first-order valence-corrected chi connectivity index (χ1v) is 10.4. The predicted octanol–water partition coefficient (Wildman–Crippen LogP) is 3.17. The normalized spacial score (nSPS) is 14.8. The summed E-state index contributed by atoms with van der Waals surface area (Å²) in [6.45, 7) is 1.10. The lowest BCUT2D eigenvalue weighted by atomic mass is 10.3. The van der Waals surface area contributed by atoms with E-state index in [1.807, 2.05) is 0 Å². The summed E-state index contributed by atoms with van der Waals surface area (Å²) in [5.74, 6) is 0.701. The highest BCUT2D eigenvalue weighted by atomic mass is 35.5. The number of halogens is 1. The number of ether oxygens (including phenoxy) is 1. The van der Waals surface area contributed by atoms with E-state index < -0.39 is 10.0 Å². The summed E-state index contributed by atoms with van der Waals surface area (Å²) in [5.41, 5.74) is 0.727. The Labute approximate surface area is 164 Å². The van der Waals surface area contributed by atoms with Crippen molar-refractivity contribution in [2.45, 2.75) is 17.7 Å². The van der Waals surface area contributed by atoms with Crippen LogP contribution in [0, 0.1) is 0 Å². The van der Waals surface area contributed by atoms with Gasteiger partial charge in [0.1, 0.15) is 12.4 Å². The van der Waals surface area contributed by atoms with Gasteiger partial charge in [0.25, 0.3) is 0 Å². The molecule has 1 saturated heterocycles. The molecule has 0 spiro atoms. The molecule has 3 rings (SSSR count). The Hall–Kier alpha value is -2.09. The van der Waals surface area contributed by atoms with Gasteiger partial charge in [-0.1, -0.05) is 11.6 Å². The van der Waals surface area contributed by atoms with E-state index in [-0.39, 0.29) is 24.0 Å². The molecular weight excluding hydrogens is 388 g/mol. The fraction of sp³-hybridized carbons (Fsp3) is 0.316. The smallest absolute Gasteiger partial charge is 0.242 e. The lowest BCUT2D eigenvalue weighted by Gasteiger charge is -2.19. The molecule has 1 aliphatic heterocycles. The third-order valence-corrected chi connectivity index (χ3v) is 6.54. The average molecular weight is 409 g/mol. The molecular formula is C19H21ClN2O4S. The first kappa shape index (κ1) is 19.7. The topological polar surface area (TPSA) is 66.9 Å². The van der Waals surface area contributed by atoms with Crippen molar-refractivity contribution >= 4 is 33.2 Å². The molecule has 6 nitrogen and oxygen atoms in total. The van der Waals surface area contributed by atoms with E-state index in [4.69, 9.17) is 16.3 Å². The van der Waals surface area contributed by atoms with E-state index in [0.717, 1.165) is 12.1 Å². The van der Waals surface area contributed by atoms with E-state index >= 15 is 0 Å². The van der Waals surface area contributed by atoms with Gasteiger partial charge in [0.15, 0.2) is 0 Å². The number of carbonyl (C=O) groups is 1. The quantitative estimate of drug-likeness (QED) is 0.705. The van der Waals surface area contributed by atoms with Crippen molar-refractivity contribution in [2.75, 3.05) is 31.6 Å². The highest BCUT2D eigenvalue weighted by molar-refractivity contribution is 7.89. The Morgan fingerprint density at radius 1 is 1.11 bits per heavy atom. The van der Waals surface area contributed by atoms with Gasteiger partial charge in [-0.3, -0.25) is 4.79 Å². The van der Waals surface area contributed by atoms with Crippen LogP contribution in [0.1, 0.15) is 12.8 Å². The number of benzene rings is 2. The standard InChI is InChI=1S/C19H21ClN2O4S/c1-21(13-14-26-17-8-4-15(20)5-9-17)27(24,25)18-10-6-16(7-11-18)22-12-2-3-19(22)23/h4-11H,2-3,12-14H2,1H3. The summed E-state index contributed by atoms with van der Waals surface area (Å²) in [5, 5.41) is 0.612. The summed E-state index contributed by atoms with van der Waals surface area (Å²) in [6.07, 6.45) is 1.37. The largest absolute Gasteiger partial charge is 0.492 e. The zero-order valence-corrected chi connectivity index (χ0v) is 16.5. The summed E-state index contributed by atoms with van der Waals surface area (Å²) >= 11 is 5.82. The summed E-state index contributed by atoms with van der Waals surface area (Å²) in [7, 11) is -2.11. The first-order valence-electron chi connectivity index (χ1n) is 8.63. The fourth-order valence-electron chi connectivity index (χ4n) is 2.84. The molecule has 0 aromatic heterocycles. The highest BCUT2D eigenvalue weighted by Crippen LogP contribution is 2.24. The van der Waals surface area contributed by atoms with Gasteiger partial charge in [0.2, 0.25) is 15.9 Å². The maximum atomic E-state index is 12.7. The Balaban J connectivity index is 1.60. The maximum Gasteiger partial charge on any atom is 0.242 e. The fourth-order valence-corrected chi connectivity index (χ4v) is 4.12. The van der Waals surface area contributed by atoms with Gasteiger partial charge in [-0.2, -0.15) is 4.31 Å². The van der Waals surface area contributed by atoms with Crippen LogP contribution in [0.25, 0.3) is 0 Å². The molecule has 144 valence electrons. The molecule has 8 heteroatoms. The van der Waals surface area contributed by atoms with Crippen LogP contribution in [0.4, 0.5) is 5.69 Å². The first-order chi connectivity index (χ1) is 12.9. The van der Waals surface area contributed by atoms with E-state index in [0.29, 0.717) is 23.7 Å². The van der Waals surface area contributed by atoms with Gasteiger partial charge in [0, 0.05) is 37.3 Å². The van der Waals surface area contributed by atoms with E-state index in [1.165, 1.54) is 23.5 Å². The summed E-state index contributed by atoms with van der Waals surface area (Å²) in [4.78, 5) is 13.7. The van der Waals surface area contributed by atoms with E-state index in [1.54, 1.807) is 41.3 Å². The maximum absolute atomic E-state index is 12.7. The molecule has 2 aromatic carbocycles. The Kier molecular flexibility index (Phi) is 6.04. The van der Waals surface area contributed by atoms with Gasteiger partial charge in [-0.05, 0) is 55.0 Å². The Morgan fingerprint density at radius 2 is 1.78 bits per heavy atom. The SMILES string of the molecule is CN(CCOc1ccc(Cl)cc1)S(=O)(=O)c1ccc(N2CCCC2=O)cc1. The van der Waals surface area contributed by atoms with Crippen LogP contribution in [0.5, 0.6) is 5.75 Å². The van der Waals surface area contributed by atoms with Crippen molar-refractivity contribution < 1.29 is 17.9 Å². The Bertz CT molecular complexity index is 898. The number of amides is 1. The van der Waals surface area contributed by atoms with Crippen molar-refractivity contribution in [3.63, 3.8) is 0 Å². The zero-order valence-electron chi connectivity index (χ0n) is 15.0. The number of likely N-dealkylation sites (N-methyl/N-ethyl adjacent to an activating group) is 1. The second-order valence-electron chi connectivity index (χ2n) is 6.27. The number of carbonyl (C=O) groups excluding carboxylic acids is 1. The van der Waals surface area contributed by atoms with Crippen molar-refractivity contribution in [3.05, 3.63) is 53.6 Å². The van der Waals surface area contributed by atoms with Crippen molar-refractivity contribution in [1.82, 2.24) is 4.31 Å². The minimum absolute atomic E-state index is 0.0714. The minimum atomic E-state index is -3.63. The van der Waals surface area contributed by atoms with Crippen LogP contribution in [0.2, 0.25) is 5.02 Å². The second kappa shape index (κ2) is 8.29. The van der Waals surface area contributed by atoms with Gasteiger partial charge >= 0.3 is 0 Å².